The lowest BCUT2D eigenvalue weighted by molar-refractivity contribution is -0.150. The summed E-state index contributed by atoms with van der Waals surface area (Å²) in [5, 5.41) is 23.7. The number of aliphatic hydroxyl groups excluding tert-OH is 2. The van der Waals surface area contributed by atoms with Crippen LogP contribution in [0.1, 0.15) is 226 Å². The molecule has 0 aliphatic carbocycles. The summed E-state index contributed by atoms with van der Waals surface area (Å²) < 4.78 is 5.88. The lowest BCUT2D eigenvalue weighted by Gasteiger charge is -2.24. The van der Waals surface area contributed by atoms with Crippen LogP contribution in [0, 0.1) is 0 Å². The summed E-state index contributed by atoms with van der Waals surface area (Å²) in [4.78, 5) is 26.1. The highest BCUT2D eigenvalue weighted by molar-refractivity contribution is 5.77. The minimum absolute atomic E-state index is 0.0326. The van der Waals surface area contributed by atoms with Gasteiger partial charge in [0, 0.05) is 6.42 Å². The van der Waals surface area contributed by atoms with Gasteiger partial charge in [0.15, 0.2) is 0 Å². The molecule has 0 aromatic carbocycles. The Kier molecular flexibility index (Phi) is 47.2. The molecule has 0 fully saturated rings. The van der Waals surface area contributed by atoms with Gasteiger partial charge in [0.05, 0.1) is 25.2 Å². The van der Waals surface area contributed by atoms with E-state index in [9.17, 15) is 19.8 Å². The third-order valence-corrected chi connectivity index (χ3v) is 11.2. The molecule has 0 saturated heterocycles. The van der Waals surface area contributed by atoms with Gasteiger partial charge >= 0.3 is 5.97 Å². The zero-order valence-electron chi connectivity index (χ0n) is 40.9. The van der Waals surface area contributed by atoms with Gasteiger partial charge in [-0.25, -0.2) is 0 Å². The highest BCUT2D eigenvalue weighted by Crippen LogP contribution is 2.17. The zero-order chi connectivity index (χ0) is 45.9. The predicted octanol–water partition coefficient (Wildman–Crippen LogP) is 15.7. The average molecular weight is 876 g/mol. The van der Waals surface area contributed by atoms with Crippen molar-refractivity contribution >= 4 is 11.9 Å². The number of aliphatic hydroxyl groups is 2. The van der Waals surface area contributed by atoms with E-state index in [1.165, 1.54) is 64.2 Å². The van der Waals surface area contributed by atoms with Crippen LogP contribution in [0.4, 0.5) is 0 Å². The Labute approximate surface area is 388 Å². The fourth-order valence-corrected chi connectivity index (χ4v) is 7.32. The van der Waals surface area contributed by atoms with Crippen LogP contribution >= 0.6 is 0 Å². The summed E-state index contributed by atoms with van der Waals surface area (Å²) >= 11 is 0. The molecule has 0 aromatic heterocycles. The molecule has 0 spiro atoms. The molecule has 3 N–H and O–H groups in total. The molecule has 360 valence electrons. The summed E-state index contributed by atoms with van der Waals surface area (Å²) in [7, 11) is 0. The van der Waals surface area contributed by atoms with Crippen molar-refractivity contribution in [1.82, 2.24) is 5.32 Å². The second-order valence-corrected chi connectivity index (χ2v) is 17.2. The van der Waals surface area contributed by atoms with Crippen LogP contribution in [0.3, 0.4) is 0 Å². The molecule has 0 heterocycles. The van der Waals surface area contributed by atoms with Gasteiger partial charge < -0.3 is 20.3 Å². The molecule has 1 amide bonds. The number of unbranched alkanes of at least 4 members (excludes halogenated alkanes) is 17. The first kappa shape index (κ1) is 59.8. The third-order valence-electron chi connectivity index (χ3n) is 11.2. The SMILES string of the molecule is CC/C=C\C/C=C\C/C=C\C/C=C\C/C=C\C/C=C\CCC(=O)OC(CCCCCCC/C=C/C/C=C/CC)CC(=O)NC(CO)C(O)CCCCCCCCCCCCCCC. The van der Waals surface area contributed by atoms with Crippen LogP contribution in [-0.4, -0.2) is 46.9 Å². The maximum atomic E-state index is 13.2. The van der Waals surface area contributed by atoms with E-state index in [4.69, 9.17) is 4.74 Å². The van der Waals surface area contributed by atoms with E-state index in [1.807, 2.05) is 6.08 Å². The number of carbonyl (C=O) groups excluding carboxylic acids is 2. The number of hydrogen-bond acceptors (Lipinski definition) is 5. The van der Waals surface area contributed by atoms with Gasteiger partial charge in [0.2, 0.25) is 5.91 Å². The molecule has 0 saturated carbocycles. The Bertz CT molecular complexity index is 1260. The highest BCUT2D eigenvalue weighted by atomic mass is 16.5. The number of hydrogen-bond donors (Lipinski definition) is 3. The number of esters is 1. The maximum absolute atomic E-state index is 13.2. The monoisotopic (exact) mass is 876 g/mol. The van der Waals surface area contributed by atoms with Crippen molar-refractivity contribution in [2.45, 2.75) is 244 Å². The molecule has 0 radical (unpaired) electrons. The Morgan fingerprint density at radius 3 is 1.30 bits per heavy atom. The number of allylic oxidation sites excluding steroid dienone is 16. The van der Waals surface area contributed by atoms with E-state index in [2.05, 4.69) is 117 Å². The fourth-order valence-electron chi connectivity index (χ4n) is 7.32. The van der Waals surface area contributed by atoms with Gasteiger partial charge in [-0.1, -0.05) is 221 Å². The summed E-state index contributed by atoms with van der Waals surface area (Å²) in [5.41, 5.74) is 0. The molecule has 0 aliphatic heterocycles. The summed E-state index contributed by atoms with van der Waals surface area (Å²) in [5.74, 6) is -0.595. The highest BCUT2D eigenvalue weighted by Gasteiger charge is 2.24. The predicted molar refractivity (Wildman–Crippen MR) is 273 cm³/mol. The topological polar surface area (TPSA) is 95.9 Å². The Balaban J connectivity index is 4.69. The van der Waals surface area contributed by atoms with Crippen molar-refractivity contribution in [2.75, 3.05) is 6.61 Å². The van der Waals surface area contributed by atoms with Crippen molar-refractivity contribution < 1.29 is 24.5 Å². The van der Waals surface area contributed by atoms with Crippen LogP contribution in [-0.2, 0) is 14.3 Å². The second kappa shape index (κ2) is 49.8. The van der Waals surface area contributed by atoms with Crippen molar-refractivity contribution in [1.29, 1.82) is 0 Å². The molecule has 63 heavy (non-hydrogen) atoms. The molecule has 0 rings (SSSR count). The summed E-state index contributed by atoms with van der Waals surface area (Å²) in [6.45, 7) is 6.23. The minimum Gasteiger partial charge on any atom is -0.462 e. The molecular weight excluding hydrogens is 779 g/mol. The van der Waals surface area contributed by atoms with Gasteiger partial charge in [-0.05, 0) is 89.9 Å². The quantitative estimate of drug-likeness (QED) is 0.0322. The van der Waals surface area contributed by atoms with Crippen LogP contribution in [0.5, 0.6) is 0 Å². The summed E-state index contributed by atoms with van der Waals surface area (Å²) in [6.07, 6.45) is 66.2. The number of rotatable bonds is 45. The molecule has 6 nitrogen and oxygen atoms in total. The summed E-state index contributed by atoms with van der Waals surface area (Å²) in [6, 6.07) is -0.726. The maximum Gasteiger partial charge on any atom is 0.306 e. The van der Waals surface area contributed by atoms with Gasteiger partial charge in [0.1, 0.15) is 6.10 Å². The van der Waals surface area contributed by atoms with E-state index in [0.717, 1.165) is 109 Å². The first-order valence-electron chi connectivity index (χ1n) is 26.0. The number of carbonyl (C=O) groups is 2. The van der Waals surface area contributed by atoms with Crippen LogP contribution < -0.4 is 5.32 Å². The van der Waals surface area contributed by atoms with Gasteiger partial charge in [-0.3, -0.25) is 9.59 Å². The van der Waals surface area contributed by atoms with E-state index in [1.54, 1.807) is 0 Å². The smallest absolute Gasteiger partial charge is 0.306 e. The molecular formula is C57H97NO5. The number of nitrogens with one attached hydrogen (secondary N) is 1. The Morgan fingerprint density at radius 2 is 0.857 bits per heavy atom. The third kappa shape index (κ3) is 45.2. The molecule has 0 aromatic rings. The molecule has 3 unspecified atom stereocenters. The first-order valence-corrected chi connectivity index (χ1v) is 26.0. The van der Waals surface area contributed by atoms with E-state index < -0.39 is 18.2 Å². The van der Waals surface area contributed by atoms with E-state index in [0.29, 0.717) is 19.3 Å². The first-order chi connectivity index (χ1) is 31.0. The van der Waals surface area contributed by atoms with Crippen LogP contribution in [0.15, 0.2) is 97.2 Å². The number of amides is 1. The minimum atomic E-state index is -0.809. The lowest BCUT2D eigenvalue weighted by Crippen LogP contribution is -2.46. The van der Waals surface area contributed by atoms with Crippen molar-refractivity contribution in [3.63, 3.8) is 0 Å². The fraction of sp³-hybridized carbons (Fsp3) is 0.684. The Hall–Kier alpha value is -3.22. The van der Waals surface area contributed by atoms with E-state index in [-0.39, 0.29) is 31.3 Å². The van der Waals surface area contributed by atoms with Gasteiger partial charge in [0.25, 0.3) is 0 Å². The lowest BCUT2D eigenvalue weighted by atomic mass is 10.0. The number of ether oxygens (including phenoxy) is 1. The standard InChI is InChI=1S/C57H97NO5/c1-4-7-10-13-16-19-22-25-26-27-28-29-30-32-35-38-41-44-47-50-57(62)63-53(48-45-42-39-36-33-24-21-18-15-12-9-6-3)51-56(61)58-54(52-59)55(60)49-46-43-40-37-34-31-23-20-17-14-11-8-5-2/h7,9-10,12,16,18-19,21,25-26,28-29,32,35,41,44,53-55,59-60H,4-6,8,11,13-15,17,20,22-24,27,30-31,33-34,36-40,42-43,45-52H2,1-3H3,(H,58,61)/b10-7-,12-9+,19-16-,21-18+,26-25-,29-28-,35-32-,44-41-. The van der Waals surface area contributed by atoms with Crippen molar-refractivity contribution in [3.8, 4) is 0 Å². The second-order valence-electron chi connectivity index (χ2n) is 17.2. The zero-order valence-corrected chi connectivity index (χ0v) is 40.9. The van der Waals surface area contributed by atoms with Crippen molar-refractivity contribution in [3.05, 3.63) is 97.2 Å². The average Bonchev–Trinajstić information content (AvgIpc) is 3.28. The molecule has 3 atom stereocenters. The van der Waals surface area contributed by atoms with Crippen molar-refractivity contribution in [2.24, 2.45) is 0 Å². The van der Waals surface area contributed by atoms with Crippen LogP contribution in [0.2, 0.25) is 0 Å². The van der Waals surface area contributed by atoms with Gasteiger partial charge in [-0.2, -0.15) is 0 Å². The molecule has 0 bridgehead atoms. The molecule has 6 heteroatoms. The Morgan fingerprint density at radius 1 is 0.476 bits per heavy atom. The van der Waals surface area contributed by atoms with Crippen LogP contribution in [0.25, 0.3) is 0 Å². The normalized spacial score (nSPS) is 14.0. The van der Waals surface area contributed by atoms with E-state index >= 15 is 0 Å². The van der Waals surface area contributed by atoms with Gasteiger partial charge in [-0.15, -0.1) is 0 Å². The molecule has 0 aliphatic rings. The largest absolute Gasteiger partial charge is 0.462 e.